The lowest BCUT2D eigenvalue weighted by Crippen LogP contribution is -2.38. The molecular weight excluding hydrogens is 314 g/mol. The first-order valence-electron chi connectivity index (χ1n) is 8.23. The van der Waals surface area contributed by atoms with E-state index >= 15 is 0 Å². The summed E-state index contributed by atoms with van der Waals surface area (Å²) < 4.78 is 5.43. The Kier molecular flexibility index (Phi) is 4.21. The van der Waals surface area contributed by atoms with Gasteiger partial charge >= 0.3 is 6.09 Å². The number of hydrogen-bond donors (Lipinski definition) is 0. The fourth-order valence-corrected chi connectivity index (χ4v) is 2.90. The van der Waals surface area contributed by atoms with E-state index in [0.29, 0.717) is 11.3 Å². The Bertz CT molecular complexity index is 860. The van der Waals surface area contributed by atoms with Crippen molar-refractivity contribution < 1.29 is 14.3 Å². The summed E-state index contributed by atoms with van der Waals surface area (Å²) in [5.41, 5.74) is 2.96. The molecule has 0 saturated heterocycles. The number of para-hydroxylation sites is 1. The first-order chi connectivity index (χ1) is 11.8. The Morgan fingerprint density at radius 3 is 2.20 bits per heavy atom. The summed E-state index contributed by atoms with van der Waals surface area (Å²) in [7, 11) is 0. The van der Waals surface area contributed by atoms with Crippen molar-refractivity contribution in [3.05, 3.63) is 65.7 Å². The highest BCUT2D eigenvalue weighted by molar-refractivity contribution is 6.42. The van der Waals surface area contributed by atoms with Crippen LogP contribution in [0.1, 0.15) is 38.8 Å². The van der Waals surface area contributed by atoms with Gasteiger partial charge in [-0.2, -0.15) is 0 Å². The highest BCUT2D eigenvalue weighted by Crippen LogP contribution is 2.41. The van der Waals surface area contributed by atoms with Crippen LogP contribution in [0.5, 0.6) is 0 Å². The Labute approximate surface area is 147 Å². The van der Waals surface area contributed by atoms with E-state index < -0.39 is 11.7 Å². The molecule has 4 nitrogen and oxygen atoms in total. The molecule has 2 aromatic rings. The molecule has 1 heterocycles. The zero-order valence-corrected chi connectivity index (χ0v) is 14.9. The maximum absolute atomic E-state index is 13.1. The van der Waals surface area contributed by atoms with Crippen molar-refractivity contribution in [1.82, 2.24) is 0 Å². The number of carbonyl (C=O) groups is 2. The standard InChI is InChI=1S/C21H21NO3/c1-14(15-10-6-5-7-11-15)18-16-12-8-9-13-17(16)22(19(18)23)20(24)25-21(2,3)4/h5-13H,1-4H3/b18-14+. The van der Waals surface area contributed by atoms with E-state index in [4.69, 9.17) is 4.74 Å². The molecule has 2 aromatic carbocycles. The molecule has 128 valence electrons. The van der Waals surface area contributed by atoms with Crippen LogP contribution in [0.25, 0.3) is 11.1 Å². The molecule has 0 radical (unpaired) electrons. The third kappa shape index (κ3) is 3.20. The van der Waals surface area contributed by atoms with Crippen molar-refractivity contribution in [2.75, 3.05) is 4.90 Å². The Morgan fingerprint density at radius 2 is 1.56 bits per heavy atom. The van der Waals surface area contributed by atoms with Gasteiger partial charge in [-0.25, -0.2) is 9.69 Å². The minimum absolute atomic E-state index is 0.350. The molecule has 3 rings (SSSR count). The minimum atomic E-state index is -0.673. The van der Waals surface area contributed by atoms with Gasteiger partial charge < -0.3 is 4.74 Å². The molecule has 2 amide bonds. The normalized spacial score (nSPS) is 15.8. The number of allylic oxidation sites excluding steroid dienone is 1. The lowest BCUT2D eigenvalue weighted by atomic mass is 9.97. The number of fused-ring (bicyclic) bond motifs is 1. The van der Waals surface area contributed by atoms with E-state index in [0.717, 1.165) is 21.6 Å². The van der Waals surface area contributed by atoms with Crippen molar-refractivity contribution in [2.24, 2.45) is 0 Å². The zero-order valence-electron chi connectivity index (χ0n) is 14.9. The van der Waals surface area contributed by atoms with Crippen LogP contribution in [0.15, 0.2) is 54.6 Å². The van der Waals surface area contributed by atoms with Crippen LogP contribution in [0.3, 0.4) is 0 Å². The third-order valence-corrected chi connectivity index (χ3v) is 3.99. The smallest absolute Gasteiger partial charge is 0.422 e. The summed E-state index contributed by atoms with van der Waals surface area (Å²) in [4.78, 5) is 26.8. The SMILES string of the molecule is C/C(=C1\C(=O)N(C(=O)OC(C)(C)C)c2ccccc21)c1ccccc1. The molecule has 0 N–H and O–H groups in total. The maximum atomic E-state index is 13.1. The van der Waals surface area contributed by atoms with Crippen molar-refractivity contribution in [3.63, 3.8) is 0 Å². The second-order valence-electron chi connectivity index (χ2n) is 7.00. The largest absolute Gasteiger partial charge is 0.443 e. The van der Waals surface area contributed by atoms with E-state index in [-0.39, 0.29) is 5.91 Å². The molecule has 0 aliphatic carbocycles. The first-order valence-corrected chi connectivity index (χ1v) is 8.23. The number of anilines is 1. The summed E-state index contributed by atoms with van der Waals surface area (Å²) in [6.07, 6.45) is -0.652. The van der Waals surface area contributed by atoms with Gasteiger partial charge in [-0.1, -0.05) is 48.5 Å². The van der Waals surface area contributed by atoms with Crippen molar-refractivity contribution in [3.8, 4) is 0 Å². The third-order valence-electron chi connectivity index (χ3n) is 3.99. The second-order valence-corrected chi connectivity index (χ2v) is 7.00. The first kappa shape index (κ1) is 17.0. The predicted molar refractivity (Wildman–Crippen MR) is 99.1 cm³/mol. The number of hydrogen-bond acceptors (Lipinski definition) is 3. The molecule has 1 aliphatic heterocycles. The number of rotatable bonds is 1. The van der Waals surface area contributed by atoms with Gasteiger partial charge in [0.05, 0.1) is 11.3 Å². The van der Waals surface area contributed by atoms with Gasteiger partial charge in [0.2, 0.25) is 0 Å². The molecule has 0 fully saturated rings. The molecule has 0 unspecified atom stereocenters. The Morgan fingerprint density at radius 1 is 0.960 bits per heavy atom. The van der Waals surface area contributed by atoms with E-state index in [1.807, 2.05) is 55.5 Å². The summed E-state index contributed by atoms with van der Waals surface area (Å²) in [6, 6.07) is 17.0. The van der Waals surface area contributed by atoms with Crippen LogP contribution < -0.4 is 4.90 Å². The molecule has 1 aliphatic rings. The highest BCUT2D eigenvalue weighted by atomic mass is 16.6. The van der Waals surface area contributed by atoms with Gasteiger partial charge in [0.15, 0.2) is 0 Å². The molecule has 0 atom stereocenters. The number of amides is 2. The minimum Gasteiger partial charge on any atom is -0.443 e. The molecule has 4 heteroatoms. The van der Waals surface area contributed by atoms with Gasteiger partial charge in [0.1, 0.15) is 5.60 Å². The molecule has 0 bridgehead atoms. The van der Waals surface area contributed by atoms with Crippen LogP contribution in [0.4, 0.5) is 10.5 Å². The second kappa shape index (κ2) is 6.20. The summed E-state index contributed by atoms with van der Waals surface area (Å²) in [5.74, 6) is -0.350. The van der Waals surface area contributed by atoms with Gasteiger partial charge in [0, 0.05) is 5.56 Å². The lowest BCUT2D eigenvalue weighted by Gasteiger charge is -2.23. The monoisotopic (exact) mass is 335 g/mol. The molecule has 0 spiro atoms. The summed E-state index contributed by atoms with van der Waals surface area (Å²) in [5, 5.41) is 0. The number of ether oxygens (including phenoxy) is 1. The number of nitrogens with zero attached hydrogens (tertiary/aromatic N) is 1. The van der Waals surface area contributed by atoms with E-state index in [9.17, 15) is 9.59 Å². The highest BCUT2D eigenvalue weighted by Gasteiger charge is 2.39. The van der Waals surface area contributed by atoms with Crippen LogP contribution in [-0.2, 0) is 9.53 Å². The molecule has 0 aromatic heterocycles. The van der Waals surface area contributed by atoms with Gasteiger partial charge in [-0.15, -0.1) is 0 Å². The van der Waals surface area contributed by atoms with Crippen molar-refractivity contribution in [1.29, 1.82) is 0 Å². The fourth-order valence-electron chi connectivity index (χ4n) is 2.90. The van der Waals surface area contributed by atoms with E-state index in [1.54, 1.807) is 26.8 Å². The van der Waals surface area contributed by atoms with E-state index in [1.165, 1.54) is 0 Å². The van der Waals surface area contributed by atoms with Crippen LogP contribution in [0.2, 0.25) is 0 Å². The number of carbonyl (C=O) groups excluding carboxylic acids is 2. The van der Waals surface area contributed by atoms with E-state index in [2.05, 4.69) is 0 Å². The molecule has 0 saturated carbocycles. The summed E-state index contributed by atoms with van der Waals surface area (Å²) in [6.45, 7) is 7.24. The Balaban J connectivity index is 2.12. The van der Waals surface area contributed by atoms with Crippen LogP contribution in [-0.4, -0.2) is 17.6 Å². The fraction of sp³-hybridized carbons (Fsp3) is 0.238. The predicted octanol–water partition coefficient (Wildman–Crippen LogP) is 4.90. The molecular formula is C21H21NO3. The number of benzene rings is 2. The van der Waals surface area contributed by atoms with Crippen molar-refractivity contribution in [2.45, 2.75) is 33.3 Å². The average molecular weight is 335 g/mol. The van der Waals surface area contributed by atoms with Crippen molar-refractivity contribution >= 4 is 28.8 Å². The zero-order chi connectivity index (χ0) is 18.2. The van der Waals surface area contributed by atoms with Gasteiger partial charge in [-0.05, 0) is 44.9 Å². The average Bonchev–Trinajstić information content (AvgIpc) is 2.85. The maximum Gasteiger partial charge on any atom is 0.422 e. The van der Waals surface area contributed by atoms with Gasteiger partial charge in [0.25, 0.3) is 5.91 Å². The lowest BCUT2D eigenvalue weighted by molar-refractivity contribution is -0.112. The topological polar surface area (TPSA) is 46.6 Å². The number of imide groups is 1. The van der Waals surface area contributed by atoms with Gasteiger partial charge in [-0.3, -0.25) is 4.79 Å². The van der Waals surface area contributed by atoms with Crippen LogP contribution >= 0.6 is 0 Å². The van der Waals surface area contributed by atoms with Crippen LogP contribution in [0, 0.1) is 0 Å². The quantitative estimate of drug-likeness (QED) is 0.696. The summed E-state index contributed by atoms with van der Waals surface area (Å²) >= 11 is 0. The Hall–Kier alpha value is -2.88. The molecule has 25 heavy (non-hydrogen) atoms.